The fourth-order valence-corrected chi connectivity index (χ4v) is 2.16. The molecule has 5 heteroatoms. The van der Waals surface area contributed by atoms with Crippen molar-refractivity contribution in [2.45, 2.75) is 26.3 Å². The Morgan fingerprint density at radius 2 is 2.38 bits per heavy atom. The van der Waals surface area contributed by atoms with Gasteiger partial charge in [-0.2, -0.15) is 16.4 Å². The number of hydrogen-bond donors (Lipinski definition) is 0. The number of Topliss-reactive ketones (excluding diaryl/α,β-unsaturated/α-hetero) is 1. The number of nitrogens with zero attached hydrogens (tertiary/aromatic N) is 3. The molecule has 4 nitrogen and oxygen atoms in total. The summed E-state index contributed by atoms with van der Waals surface area (Å²) in [7, 11) is 0. The number of hydrogen-bond acceptors (Lipinski definition) is 4. The Hall–Kier alpha value is -1.49. The van der Waals surface area contributed by atoms with Crippen molar-refractivity contribution in [3.8, 4) is 0 Å². The third kappa shape index (κ3) is 2.19. The summed E-state index contributed by atoms with van der Waals surface area (Å²) in [5, 5.41) is 7.87. The summed E-state index contributed by atoms with van der Waals surface area (Å²) in [5.41, 5.74) is 0.753. The highest BCUT2D eigenvalue weighted by Gasteiger charge is 2.13. The largest absolute Gasteiger partial charge is 0.294 e. The third-order valence-electron chi connectivity index (χ3n) is 2.30. The minimum atomic E-state index is 0.0937. The summed E-state index contributed by atoms with van der Waals surface area (Å²) in [6, 6.07) is 2.07. The molecule has 0 bridgehead atoms. The van der Waals surface area contributed by atoms with Crippen molar-refractivity contribution < 1.29 is 4.79 Å². The molecule has 0 N–H and O–H groups in total. The van der Waals surface area contributed by atoms with Crippen LogP contribution in [0.25, 0.3) is 0 Å². The molecule has 0 spiro atoms. The number of ketones is 1. The van der Waals surface area contributed by atoms with Crippen LogP contribution in [0, 0.1) is 0 Å². The number of carbonyl (C=O) groups excluding carboxylic acids is 1. The lowest BCUT2D eigenvalue weighted by Gasteiger charge is -2.08. The standard InChI is InChI=1S/C11H13N3OS/c1-8(2)14-11(12-7-13-14)5-10(15)9-3-4-16-6-9/h3-4,6-8H,5H2,1-2H3. The molecule has 2 aromatic rings. The average molecular weight is 235 g/mol. The molecule has 0 aliphatic carbocycles. The van der Waals surface area contributed by atoms with Gasteiger partial charge in [0.05, 0.1) is 6.42 Å². The molecule has 2 rings (SSSR count). The van der Waals surface area contributed by atoms with E-state index in [1.807, 2.05) is 30.7 Å². The number of thiophene rings is 1. The zero-order chi connectivity index (χ0) is 11.5. The maximum absolute atomic E-state index is 11.9. The summed E-state index contributed by atoms with van der Waals surface area (Å²) in [5.74, 6) is 0.822. The molecule has 0 aromatic carbocycles. The van der Waals surface area contributed by atoms with E-state index in [0.717, 1.165) is 11.4 Å². The van der Waals surface area contributed by atoms with E-state index >= 15 is 0 Å². The highest BCUT2D eigenvalue weighted by Crippen LogP contribution is 2.11. The zero-order valence-corrected chi connectivity index (χ0v) is 10.1. The molecule has 84 valence electrons. The minimum Gasteiger partial charge on any atom is -0.294 e. The van der Waals surface area contributed by atoms with Crippen LogP contribution in [-0.2, 0) is 6.42 Å². The first-order valence-corrected chi connectivity index (χ1v) is 6.06. The second-order valence-electron chi connectivity index (χ2n) is 3.83. The molecule has 2 heterocycles. The summed E-state index contributed by atoms with van der Waals surface area (Å²) >= 11 is 1.53. The van der Waals surface area contributed by atoms with Crippen LogP contribution in [0.1, 0.15) is 36.1 Å². The van der Waals surface area contributed by atoms with Crippen molar-refractivity contribution in [3.05, 3.63) is 34.5 Å². The molecule has 0 atom stereocenters. The van der Waals surface area contributed by atoms with Crippen LogP contribution >= 0.6 is 11.3 Å². The quantitative estimate of drug-likeness (QED) is 0.764. The van der Waals surface area contributed by atoms with Crippen molar-refractivity contribution in [1.82, 2.24) is 14.8 Å². The Kier molecular flexibility index (Phi) is 3.14. The smallest absolute Gasteiger partial charge is 0.171 e. The Morgan fingerprint density at radius 1 is 1.56 bits per heavy atom. The molecule has 0 saturated heterocycles. The first-order valence-electron chi connectivity index (χ1n) is 5.12. The fourth-order valence-electron chi connectivity index (χ4n) is 1.50. The molecule has 0 unspecified atom stereocenters. The van der Waals surface area contributed by atoms with Crippen molar-refractivity contribution >= 4 is 17.1 Å². The van der Waals surface area contributed by atoms with Gasteiger partial charge < -0.3 is 0 Å². The lowest BCUT2D eigenvalue weighted by atomic mass is 10.1. The second kappa shape index (κ2) is 4.57. The van der Waals surface area contributed by atoms with Crippen molar-refractivity contribution in [1.29, 1.82) is 0 Å². The van der Waals surface area contributed by atoms with Crippen molar-refractivity contribution in [3.63, 3.8) is 0 Å². The fraction of sp³-hybridized carbons (Fsp3) is 0.364. The number of aromatic nitrogens is 3. The van der Waals surface area contributed by atoms with Crippen LogP contribution in [0.15, 0.2) is 23.2 Å². The van der Waals surface area contributed by atoms with Gasteiger partial charge in [0.25, 0.3) is 0 Å². The van der Waals surface area contributed by atoms with E-state index in [9.17, 15) is 4.79 Å². The van der Waals surface area contributed by atoms with E-state index in [4.69, 9.17) is 0 Å². The summed E-state index contributed by atoms with van der Waals surface area (Å²) < 4.78 is 1.78. The minimum absolute atomic E-state index is 0.0937. The maximum Gasteiger partial charge on any atom is 0.171 e. The summed E-state index contributed by atoms with van der Waals surface area (Å²) in [6.07, 6.45) is 1.81. The van der Waals surface area contributed by atoms with Gasteiger partial charge >= 0.3 is 0 Å². The zero-order valence-electron chi connectivity index (χ0n) is 9.25. The van der Waals surface area contributed by atoms with Gasteiger partial charge in [0.2, 0.25) is 0 Å². The van der Waals surface area contributed by atoms with Gasteiger partial charge in [-0.25, -0.2) is 9.67 Å². The van der Waals surface area contributed by atoms with E-state index in [0.29, 0.717) is 6.42 Å². The van der Waals surface area contributed by atoms with E-state index in [-0.39, 0.29) is 11.8 Å². The molecule has 16 heavy (non-hydrogen) atoms. The van der Waals surface area contributed by atoms with Gasteiger partial charge in [-0.05, 0) is 25.3 Å². The van der Waals surface area contributed by atoms with Crippen LogP contribution in [0.3, 0.4) is 0 Å². The van der Waals surface area contributed by atoms with Gasteiger partial charge in [-0.15, -0.1) is 0 Å². The molecule has 0 aliphatic heterocycles. The Bertz CT molecular complexity index is 473. The molecule has 0 amide bonds. The molecule has 0 radical (unpaired) electrons. The summed E-state index contributed by atoms with van der Waals surface area (Å²) in [4.78, 5) is 16.0. The van der Waals surface area contributed by atoms with Gasteiger partial charge in [0.1, 0.15) is 12.2 Å². The molecule has 0 fully saturated rings. The number of carbonyl (C=O) groups is 1. The van der Waals surface area contributed by atoms with Crippen molar-refractivity contribution in [2.24, 2.45) is 0 Å². The maximum atomic E-state index is 11.9. The SMILES string of the molecule is CC(C)n1ncnc1CC(=O)c1ccsc1. The van der Waals surface area contributed by atoms with Crippen molar-refractivity contribution in [2.75, 3.05) is 0 Å². The van der Waals surface area contributed by atoms with Crippen LogP contribution < -0.4 is 0 Å². The van der Waals surface area contributed by atoms with Gasteiger partial charge in [0.15, 0.2) is 5.78 Å². The third-order valence-corrected chi connectivity index (χ3v) is 2.98. The van der Waals surface area contributed by atoms with E-state index in [1.54, 1.807) is 4.68 Å². The van der Waals surface area contributed by atoms with Crippen LogP contribution in [0.2, 0.25) is 0 Å². The normalized spacial score (nSPS) is 10.9. The van der Waals surface area contributed by atoms with E-state index < -0.39 is 0 Å². The monoisotopic (exact) mass is 235 g/mol. The number of rotatable bonds is 4. The summed E-state index contributed by atoms with van der Waals surface area (Å²) in [6.45, 7) is 4.04. The van der Waals surface area contributed by atoms with E-state index in [1.165, 1.54) is 17.7 Å². The van der Waals surface area contributed by atoms with Gasteiger partial charge in [0, 0.05) is 17.0 Å². The Labute approximate surface area is 97.9 Å². The molecule has 0 saturated carbocycles. The lowest BCUT2D eigenvalue weighted by molar-refractivity contribution is 0.0989. The first kappa shape index (κ1) is 11.0. The molecular weight excluding hydrogens is 222 g/mol. The van der Waals surface area contributed by atoms with Gasteiger partial charge in [-0.3, -0.25) is 4.79 Å². The lowest BCUT2D eigenvalue weighted by Crippen LogP contribution is -2.12. The molecule has 2 aromatic heterocycles. The predicted octanol–water partition coefficient (Wildman–Crippen LogP) is 2.35. The Balaban J connectivity index is 2.15. The first-order chi connectivity index (χ1) is 7.68. The highest BCUT2D eigenvalue weighted by molar-refractivity contribution is 7.08. The highest BCUT2D eigenvalue weighted by atomic mass is 32.1. The Morgan fingerprint density at radius 3 is 3.00 bits per heavy atom. The topological polar surface area (TPSA) is 47.8 Å². The van der Waals surface area contributed by atoms with E-state index in [2.05, 4.69) is 10.1 Å². The average Bonchev–Trinajstić information content (AvgIpc) is 2.86. The molecule has 0 aliphatic rings. The second-order valence-corrected chi connectivity index (χ2v) is 4.61. The predicted molar refractivity (Wildman–Crippen MR) is 62.8 cm³/mol. The van der Waals surface area contributed by atoms with Crippen LogP contribution in [0.5, 0.6) is 0 Å². The molecular formula is C11H13N3OS. The van der Waals surface area contributed by atoms with Crippen LogP contribution in [-0.4, -0.2) is 20.5 Å². The van der Waals surface area contributed by atoms with Crippen LogP contribution in [0.4, 0.5) is 0 Å². The van der Waals surface area contributed by atoms with Gasteiger partial charge in [-0.1, -0.05) is 0 Å².